The van der Waals surface area contributed by atoms with E-state index >= 15 is 0 Å². The van der Waals surface area contributed by atoms with Gasteiger partial charge in [0.1, 0.15) is 11.8 Å². The highest BCUT2D eigenvalue weighted by atomic mass is 32.2. The topological polar surface area (TPSA) is 137 Å². The molecule has 4 N–H and O–H groups in total. The molecule has 0 aliphatic carbocycles. The van der Waals surface area contributed by atoms with Crippen LogP contribution < -0.4 is 20.1 Å². The lowest BCUT2D eigenvalue weighted by molar-refractivity contribution is -0.147. The van der Waals surface area contributed by atoms with Crippen molar-refractivity contribution in [2.45, 2.75) is 56.7 Å². The number of hydrogen-bond donors (Lipinski definition) is 4. The van der Waals surface area contributed by atoms with Crippen molar-refractivity contribution in [2.24, 2.45) is 0 Å². The predicted molar refractivity (Wildman–Crippen MR) is 162 cm³/mol. The van der Waals surface area contributed by atoms with Gasteiger partial charge in [0.2, 0.25) is 12.7 Å². The monoisotopic (exact) mass is 605 g/mol. The number of thioether (sulfide) groups is 1. The van der Waals surface area contributed by atoms with Crippen LogP contribution in [0.25, 0.3) is 0 Å². The summed E-state index contributed by atoms with van der Waals surface area (Å²) in [6.07, 6.45) is -1.47. The summed E-state index contributed by atoms with van der Waals surface area (Å²) in [5.41, 5.74) is 2.24. The number of fused-ring (bicyclic) bond motifs is 1. The van der Waals surface area contributed by atoms with Gasteiger partial charge in [-0.25, -0.2) is 0 Å². The van der Waals surface area contributed by atoms with E-state index in [1.165, 1.54) is 22.7 Å². The molecule has 0 spiro atoms. The van der Waals surface area contributed by atoms with E-state index in [0.717, 1.165) is 11.1 Å². The molecule has 11 heteroatoms. The fraction of sp³-hybridized carbons (Fsp3) is 0.344. The van der Waals surface area contributed by atoms with Gasteiger partial charge in [0.15, 0.2) is 17.6 Å². The number of carbonyl (C=O) groups excluding carboxylic acids is 3. The van der Waals surface area contributed by atoms with Crippen molar-refractivity contribution in [3.63, 3.8) is 0 Å². The number of aliphatic hydroxyl groups excluding tert-OH is 1. The van der Waals surface area contributed by atoms with Crippen molar-refractivity contribution >= 4 is 29.5 Å². The van der Waals surface area contributed by atoms with Gasteiger partial charge in [-0.15, -0.1) is 11.8 Å². The highest BCUT2D eigenvalue weighted by Crippen LogP contribution is 2.40. The third-order valence-electron chi connectivity index (χ3n) is 7.78. The Balaban J connectivity index is 1.34. The fourth-order valence-electron chi connectivity index (χ4n) is 5.32. The summed E-state index contributed by atoms with van der Waals surface area (Å²) in [5.74, 6) is -0.128. The number of phenols is 1. The molecule has 0 bridgehead atoms. The number of hydrogen-bond acceptors (Lipinski definition) is 8. The van der Waals surface area contributed by atoms with Gasteiger partial charge in [-0.3, -0.25) is 14.4 Å². The molecule has 0 radical (unpaired) electrons. The smallest absolute Gasteiger partial charge is 0.254 e. The van der Waals surface area contributed by atoms with Crippen molar-refractivity contribution in [1.82, 2.24) is 15.5 Å². The van der Waals surface area contributed by atoms with Crippen LogP contribution in [0.5, 0.6) is 17.2 Å². The predicted octanol–water partition coefficient (Wildman–Crippen LogP) is 3.13. The van der Waals surface area contributed by atoms with Crippen LogP contribution >= 0.6 is 11.8 Å². The van der Waals surface area contributed by atoms with E-state index < -0.39 is 34.7 Å². The van der Waals surface area contributed by atoms with Crippen LogP contribution in [0.2, 0.25) is 0 Å². The van der Waals surface area contributed by atoms with E-state index in [4.69, 9.17) is 9.47 Å². The summed E-state index contributed by atoms with van der Waals surface area (Å²) < 4.78 is 10.1. The summed E-state index contributed by atoms with van der Waals surface area (Å²) in [6, 6.07) is 17.4. The molecule has 10 nitrogen and oxygen atoms in total. The maximum atomic E-state index is 13.9. The third-order valence-corrected chi connectivity index (χ3v) is 9.15. The Morgan fingerprint density at radius 1 is 1.02 bits per heavy atom. The number of benzene rings is 3. The Hall–Kier alpha value is -4.22. The Morgan fingerprint density at radius 2 is 1.77 bits per heavy atom. The Labute approximate surface area is 254 Å². The summed E-state index contributed by atoms with van der Waals surface area (Å²) >= 11 is 1.44. The highest BCUT2D eigenvalue weighted by molar-refractivity contribution is 8.00. The van der Waals surface area contributed by atoms with Gasteiger partial charge in [0, 0.05) is 22.4 Å². The van der Waals surface area contributed by atoms with Gasteiger partial charge >= 0.3 is 0 Å². The second kappa shape index (κ2) is 12.6. The number of nitrogens with one attached hydrogen (secondary N) is 2. The molecule has 0 unspecified atom stereocenters. The van der Waals surface area contributed by atoms with E-state index in [9.17, 15) is 24.6 Å². The van der Waals surface area contributed by atoms with Crippen LogP contribution in [-0.4, -0.2) is 68.4 Å². The number of ether oxygens (including phenoxy) is 2. The third kappa shape index (κ3) is 6.57. The second-order valence-electron chi connectivity index (χ2n) is 11.2. The maximum Gasteiger partial charge on any atom is 0.254 e. The van der Waals surface area contributed by atoms with Crippen molar-refractivity contribution in [3.8, 4) is 17.2 Å². The van der Waals surface area contributed by atoms with E-state index in [1.54, 1.807) is 31.2 Å². The molecule has 226 valence electrons. The van der Waals surface area contributed by atoms with Crippen LogP contribution in [-0.2, 0) is 22.6 Å². The zero-order valence-electron chi connectivity index (χ0n) is 24.2. The number of aliphatic hydroxyl groups is 1. The summed E-state index contributed by atoms with van der Waals surface area (Å²) in [5, 5.41) is 27.3. The molecule has 3 aromatic rings. The SMILES string of the molecule is Cc1c(O)cccc1C(=O)N[C@@H](Cc1ccccc1)[C@H](O)C(=O)N1CSC(C)(C)[C@H]1C(=O)NCc1ccc2c(c1)OCO2. The van der Waals surface area contributed by atoms with Crippen LogP contribution in [0.15, 0.2) is 66.7 Å². The molecule has 2 aliphatic rings. The van der Waals surface area contributed by atoms with Crippen LogP contribution in [0.1, 0.15) is 40.9 Å². The molecule has 43 heavy (non-hydrogen) atoms. The minimum Gasteiger partial charge on any atom is -0.508 e. The van der Waals surface area contributed by atoms with E-state index in [1.807, 2.05) is 50.2 Å². The molecule has 1 fully saturated rings. The number of nitrogens with zero attached hydrogens (tertiary/aromatic N) is 1. The van der Waals surface area contributed by atoms with Gasteiger partial charge in [0.05, 0.1) is 11.9 Å². The first-order valence-electron chi connectivity index (χ1n) is 14.0. The molecule has 2 heterocycles. The summed E-state index contributed by atoms with van der Waals surface area (Å²) in [7, 11) is 0. The molecule has 3 atom stereocenters. The molecule has 0 saturated carbocycles. The van der Waals surface area contributed by atoms with Crippen molar-refractivity contribution in [2.75, 3.05) is 12.7 Å². The Bertz CT molecular complexity index is 1510. The fourth-order valence-corrected chi connectivity index (χ4v) is 6.46. The lowest BCUT2D eigenvalue weighted by atomic mass is 9.96. The highest BCUT2D eigenvalue weighted by Gasteiger charge is 2.49. The number of rotatable bonds is 9. The minimum atomic E-state index is -1.64. The lowest BCUT2D eigenvalue weighted by Gasteiger charge is -2.33. The maximum absolute atomic E-state index is 13.9. The molecule has 5 rings (SSSR count). The van der Waals surface area contributed by atoms with Crippen molar-refractivity contribution in [1.29, 1.82) is 0 Å². The molecule has 1 saturated heterocycles. The Morgan fingerprint density at radius 3 is 2.53 bits per heavy atom. The van der Waals surface area contributed by atoms with Gasteiger partial charge in [-0.1, -0.05) is 42.5 Å². The van der Waals surface area contributed by atoms with E-state index in [2.05, 4.69) is 10.6 Å². The van der Waals surface area contributed by atoms with Crippen LogP contribution in [0.3, 0.4) is 0 Å². The number of aromatic hydroxyl groups is 1. The van der Waals surface area contributed by atoms with Crippen molar-refractivity contribution in [3.05, 3.63) is 89.0 Å². The van der Waals surface area contributed by atoms with E-state index in [0.29, 0.717) is 17.1 Å². The van der Waals surface area contributed by atoms with Gasteiger partial charge in [-0.2, -0.15) is 0 Å². The lowest BCUT2D eigenvalue weighted by Crippen LogP contribution is -2.58. The number of carbonyl (C=O) groups is 3. The first kappa shape index (κ1) is 30.2. The van der Waals surface area contributed by atoms with Gasteiger partial charge in [-0.05, 0) is 62.6 Å². The molecule has 2 aliphatic heterocycles. The van der Waals surface area contributed by atoms with Crippen molar-refractivity contribution < 1.29 is 34.1 Å². The normalized spacial score (nSPS) is 18.1. The minimum absolute atomic E-state index is 0.0326. The Kier molecular flexibility index (Phi) is 8.84. The zero-order valence-corrected chi connectivity index (χ0v) is 25.0. The summed E-state index contributed by atoms with van der Waals surface area (Å²) in [6.45, 7) is 5.75. The van der Waals surface area contributed by atoms with Gasteiger partial charge < -0.3 is 35.2 Å². The second-order valence-corrected chi connectivity index (χ2v) is 12.8. The zero-order chi connectivity index (χ0) is 30.7. The molecule has 3 aromatic carbocycles. The molecular weight excluding hydrogens is 570 g/mol. The first-order valence-corrected chi connectivity index (χ1v) is 15.0. The molecule has 3 amide bonds. The van der Waals surface area contributed by atoms with Gasteiger partial charge in [0.25, 0.3) is 11.8 Å². The first-order chi connectivity index (χ1) is 20.5. The van der Waals surface area contributed by atoms with Crippen LogP contribution in [0, 0.1) is 6.92 Å². The largest absolute Gasteiger partial charge is 0.508 e. The standard InChI is InChI=1S/C32H35N3O7S/c1-19-22(10-7-11-24(19)36)29(38)34-23(14-20-8-5-4-6-9-20)27(37)31(40)35-17-43-32(2,3)28(35)30(39)33-16-21-12-13-25-26(15-21)42-18-41-25/h4-13,15,23,27-28,36-37H,14,16-18H2,1-3H3,(H,33,39)(H,34,38)/t23-,27-,28+/m0/s1. The average Bonchev–Trinajstić information content (AvgIpc) is 3.59. The number of amides is 3. The number of phenolic OH excluding ortho intramolecular Hbond substituents is 1. The van der Waals surface area contributed by atoms with E-state index in [-0.39, 0.29) is 42.9 Å². The molecule has 0 aromatic heterocycles. The quantitative estimate of drug-likeness (QED) is 0.292. The van der Waals surface area contributed by atoms with Crippen LogP contribution in [0.4, 0.5) is 0 Å². The summed E-state index contributed by atoms with van der Waals surface area (Å²) in [4.78, 5) is 42.1. The molecular formula is C32H35N3O7S. The average molecular weight is 606 g/mol.